The maximum Gasteiger partial charge on any atom is 0.0614 e. The van der Waals surface area contributed by atoms with Crippen LogP contribution in [-0.4, -0.2) is 47.3 Å². The number of hydrogen-bond donors (Lipinski definition) is 2. The number of rotatable bonds is 5. The van der Waals surface area contributed by atoms with Crippen molar-refractivity contribution in [2.45, 2.75) is 64.6 Å². The van der Waals surface area contributed by atoms with Gasteiger partial charge in [-0.3, -0.25) is 0 Å². The number of aliphatic hydroxyl groups is 1. The van der Waals surface area contributed by atoms with Gasteiger partial charge in [-0.2, -0.15) is 0 Å². The fraction of sp³-hybridized carbons (Fsp3) is 1.00. The van der Waals surface area contributed by atoms with E-state index in [9.17, 15) is 5.11 Å². The Morgan fingerprint density at radius 2 is 1.81 bits per heavy atom. The second kappa shape index (κ2) is 5.99. The molecule has 0 spiro atoms. The summed E-state index contributed by atoms with van der Waals surface area (Å²) in [6, 6.07) is 1.12. The Hall–Kier alpha value is -0.120. The van der Waals surface area contributed by atoms with Gasteiger partial charge in [0.1, 0.15) is 0 Å². The third kappa shape index (κ3) is 3.44. The van der Waals surface area contributed by atoms with Crippen molar-refractivity contribution in [1.82, 2.24) is 10.2 Å². The second-order valence-electron chi connectivity index (χ2n) is 5.52. The third-order valence-corrected chi connectivity index (χ3v) is 3.95. The summed E-state index contributed by atoms with van der Waals surface area (Å²) in [4.78, 5) is 2.49. The lowest BCUT2D eigenvalue weighted by Crippen LogP contribution is -2.58. The van der Waals surface area contributed by atoms with Crippen molar-refractivity contribution in [3.63, 3.8) is 0 Å². The van der Waals surface area contributed by atoms with E-state index in [-0.39, 0.29) is 12.1 Å². The normalized spacial score (nSPS) is 23.6. The Morgan fingerprint density at radius 1 is 1.25 bits per heavy atom. The molecular weight excluding hydrogens is 200 g/mol. The van der Waals surface area contributed by atoms with Gasteiger partial charge >= 0.3 is 0 Å². The molecule has 0 aromatic rings. The van der Waals surface area contributed by atoms with E-state index >= 15 is 0 Å². The van der Waals surface area contributed by atoms with Gasteiger partial charge in [0.05, 0.1) is 6.61 Å². The van der Waals surface area contributed by atoms with Crippen LogP contribution in [0, 0.1) is 0 Å². The number of hydrogen-bond acceptors (Lipinski definition) is 3. The molecule has 1 aliphatic rings. The van der Waals surface area contributed by atoms with Crippen LogP contribution in [0.5, 0.6) is 0 Å². The largest absolute Gasteiger partial charge is 0.394 e. The van der Waals surface area contributed by atoms with Gasteiger partial charge in [-0.05, 0) is 40.0 Å². The highest BCUT2D eigenvalue weighted by atomic mass is 16.3. The van der Waals surface area contributed by atoms with Gasteiger partial charge in [-0.1, -0.05) is 6.92 Å². The molecule has 1 atom stereocenters. The third-order valence-electron chi connectivity index (χ3n) is 3.95. The minimum atomic E-state index is -0.0270. The number of nitrogens with one attached hydrogen (secondary N) is 1. The molecular formula is C13H28N2O. The Bertz CT molecular complexity index is 198. The molecule has 0 bridgehead atoms. The molecule has 2 N–H and O–H groups in total. The fourth-order valence-electron chi connectivity index (χ4n) is 2.44. The monoisotopic (exact) mass is 228 g/mol. The minimum absolute atomic E-state index is 0.0270. The first-order chi connectivity index (χ1) is 7.53. The van der Waals surface area contributed by atoms with Crippen molar-refractivity contribution in [2.24, 2.45) is 0 Å². The van der Waals surface area contributed by atoms with E-state index in [2.05, 4.69) is 37.9 Å². The highest BCUT2D eigenvalue weighted by molar-refractivity contribution is 4.94. The molecule has 0 aliphatic carbocycles. The molecule has 1 fully saturated rings. The number of aliphatic hydroxyl groups excluding tert-OH is 1. The summed E-state index contributed by atoms with van der Waals surface area (Å²) in [6.07, 6.45) is 3.24. The Kier molecular flexibility index (Phi) is 5.22. The SMILES string of the molecule is CCC(C)NC1(CO)CCN(C(C)C)CC1. The van der Waals surface area contributed by atoms with Gasteiger partial charge in [0.15, 0.2) is 0 Å². The maximum absolute atomic E-state index is 9.63. The molecule has 0 saturated carbocycles. The zero-order valence-electron chi connectivity index (χ0n) is 11.3. The standard InChI is InChI=1S/C13H28N2O/c1-5-12(4)14-13(10-16)6-8-15(9-7-13)11(2)3/h11-12,14,16H,5-10H2,1-4H3. The van der Waals surface area contributed by atoms with E-state index in [0.29, 0.717) is 12.1 Å². The average Bonchev–Trinajstić information content (AvgIpc) is 2.29. The molecule has 16 heavy (non-hydrogen) atoms. The highest BCUT2D eigenvalue weighted by Crippen LogP contribution is 2.24. The number of likely N-dealkylation sites (tertiary alicyclic amines) is 1. The molecule has 3 heteroatoms. The van der Waals surface area contributed by atoms with Crippen LogP contribution in [0.2, 0.25) is 0 Å². The van der Waals surface area contributed by atoms with E-state index in [4.69, 9.17) is 0 Å². The van der Waals surface area contributed by atoms with Crippen molar-refractivity contribution < 1.29 is 5.11 Å². The summed E-state index contributed by atoms with van der Waals surface area (Å²) in [5.41, 5.74) is -0.0270. The van der Waals surface area contributed by atoms with Crippen LogP contribution in [-0.2, 0) is 0 Å². The minimum Gasteiger partial charge on any atom is -0.394 e. The molecule has 3 nitrogen and oxygen atoms in total. The maximum atomic E-state index is 9.63. The van der Waals surface area contributed by atoms with Crippen LogP contribution in [0.1, 0.15) is 47.0 Å². The van der Waals surface area contributed by atoms with Crippen LogP contribution in [0.15, 0.2) is 0 Å². The molecule has 1 saturated heterocycles. The zero-order valence-corrected chi connectivity index (χ0v) is 11.3. The van der Waals surface area contributed by atoms with Gasteiger partial charge < -0.3 is 15.3 Å². The molecule has 96 valence electrons. The van der Waals surface area contributed by atoms with Crippen LogP contribution in [0.3, 0.4) is 0 Å². The quantitative estimate of drug-likeness (QED) is 0.750. The molecule has 1 unspecified atom stereocenters. The van der Waals surface area contributed by atoms with Crippen LogP contribution in [0.25, 0.3) is 0 Å². The van der Waals surface area contributed by atoms with E-state index in [1.54, 1.807) is 0 Å². The van der Waals surface area contributed by atoms with Crippen molar-refractivity contribution in [3.05, 3.63) is 0 Å². The fourth-order valence-corrected chi connectivity index (χ4v) is 2.44. The van der Waals surface area contributed by atoms with Crippen molar-refractivity contribution in [1.29, 1.82) is 0 Å². The smallest absolute Gasteiger partial charge is 0.0614 e. The number of nitrogens with zero attached hydrogens (tertiary/aromatic N) is 1. The number of piperidine rings is 1. The van der Waals surface area contributed by atoms with E-state index < -0.39 is 0 Å². The van der Waals surface area contributed by atoms with E-state index in [1.165, 1.54) is 0 Å². The Balaban J connectivity index is 2.51. The highest BCUT2D eigenvalue weighted by Gasteiger charge is 2.35. The summed E-state index contributed by atoms with van der Waals surface area (Å²) in [5.74, 6) is 0. The molecule has 1 rings (SSSR count). The second-order valence-corrected chi connectivity index (χ2v) is 5.52. The van der Waals surface area contributed by atoms with Gasteiger partial charge in [0.2, 0.25) is 0 Å². The zero-order chi connectivity index (χ0) is 12.2. The average molecular weight is 228 g/mol. The van der Waals surface area contributed by atoms with Crippen molar-refractivity contribution in [2.75, 3.05) is 19.7 Å². The first-order valence-corrected chi connectivity index (χ1v) is 6.65. The summed E-state index contributed by atoms with van der Waals surface area (Å²) < 4.78 is 0. The van der Waals surface area contributed by atoms with Crippen molar-refractivity contribution >= 4 is 0 Å². The molecule has 1 aliphatic heterocycles. The van der Waals surface area contributed by atoms with Crippen LogP contribution >= 0.6 is 0 Å². The Labute approximate surface area is 100 Å². The summed E-state index contributed by atoms with van der Waals surface area (Å²) in [7, 11) is 0. The topological polar surface area (TPSA) is 35.5 Å². The van der Waals surface area contributed by atoms with Gasteiger partial charge in [0.25, 0.3) is 0 Å². The van der Waals surface area contributed by atoms with Gasteiger partial charge in [-0.15, -0.1) is 0 Å². The predicted molar refractivity (Wildman–Crippen MR) is 68.6 cm³/mol. The summed E-state index contributed by atoms with van der Waals surface area (Å²) in [5, 5.41) is 13.2. The predicted octanol–water partition coefficient (Wildman–Crippen LogP) is 1.61. The molecule has 0 aromatic heterocycles. The summed E-state index contributed by atoms with van der Waals surface area (Å²) >= 11 is 0. The molecule has 1 heterocycles. The van der Waals surface area contributed by atoms with Gasteiger partial charge in [-0.25, -0.2) is 0 Å². The molecule has 0 amide bonds. The first kappa shape index (κ1) is 13.9. The molecule has 0 aromatic carbocycles. The van der Waals surface area contributed by atoms with E-state index in [1.807, 2.05) is 0 Å². The lowest BCUT2D eigenvalue weighted by molar-refractivity contribution is 0.0584. The van der Waals surface area contributed by atoms with Crippen LogP contribution < -0.4 is 5.32 Å². The van der Waals surface area contributed by atoms with Crippen molar-refractivity contribution in [3.8, 4) is 0 Å². The lowest BCUT2D eigenvalue weighted by Gasteiger charge is -2.44. The van der Waals surface area contributed by atoms with E-state index in [0.717, 1.165) is 32.4 Å². The summed E-state index contributed by atoms with van der Waals surface area (Å²) in [6.45, 7) is 11.3. The Morgan fingerprint density at radius 3 is 2.19 bits per heavy atom. The van der Waals surface area contributed by atoms with Gasteiger partial charge in [0, 0.05) is 30.7 Å². The lowest BCUT2D eigenvalue weighted by atomic mass is 9.86. The first-order valence-electron chi connectivity index (χ1n) is 6.65. The molecule has 0 radical (unpaired) electrons. The van der Waals surface area contributed by atoms with Crippen LogP contribution in [0.4, 0.5) is 0 Å².